The summed E-state index contributed by atoms with van der Waals surface area (Å²) in [5, 5.41) is 3.53. The van der Waals surface area contributed by atoms with E-state index in [4.69, 9.17) is 0 Å². The summed E-state index contributed by atoms with van der Waals surface area (Å²) in [5.41, 5.74) is 4.37. The molecule has 1 aliphatic heterocycles. The minimum absolute atomic E-state index is 0.611. The highest BCUT2D eigenvalue weighted by Crippen LogP contribution is 2.28. The molecule has 1 aliphatic rings. The molecule has 2 nitrogen and oxygen atoms in total. The molecule has 1 unspecified atom stereocenters. The molecule has 2 heteroatoms. The van der Waals surface area contributed by atoms with Gasteiger partial charge in [0.15, 0.2) is 0 Å². The first-order valence-corrected chi connectivity index (χ1v) is 7.58. The Morgan fingerprint density at radius 2 is 2.11 bits per heavy atom. The van der Waals surface area contributed by atoms with Crippen molar-refractivity contribution in [2.45, 2.75) is 39.0 Å². The molecule has 0 amide bonds. The molecule has 106 valence electrons. The third kappa shape index (κ3) is 3.73. The predicted octanol–water partition coefficient (Wildman–Crippen LogP) is 3.42. The lowest BCUT2D eigenvalue weighted by Crippen LogP contribution is -2.31. The minimum Gasteiger partial charge on any atom is -0.377 e. The van der Waals surface area contributed by atoms with Gasteiger partial charge in [0.05, 0.1) is 0 Å². The first-order valence-electron chi connectivity index (χ1n) is 7.58. The molecule has 0 aliphatic carbocycles. The van der Waals surface area contributed by atoms with Gasteiger partial charge < -0.3 is 10.2 Å². The Labute approximate surface area is 118 Å². The van der Waals surface area contributed by atoms with Gasteiger partial charge in [0.2, 0.25) is 0 Å². The maximum Gasteiger partial charge on any atom is 0.0393 e. The fourth-order valence-corrected chi connectivity index (χ4v) is 2.97. The summed E-state index contributed by atoms with van der Waals surface area (Å²) < 4.78 is 0. The zero-order valence-corrected chi connectivity index (χ0v) is 12.9. The maximum atomic E-state index is 3.53. The van der Waals surface area contributed by atoms with E-state index in [0.29, 0.717) is 5.92 Å². The van der Waals surface area contributed by atoms with E-state index in [9.17, 15) is 0 Å². The van der Waals surface area contributed by atoms with Gasteiger partial charge in [-0.3, -0.25) is 0 Å². The average molecular weight is 260 g/mol. The Bertz CT molecular complexity index is 404. The van der Waals surface area contributed by atoms with Crippen LogP contribution in [0.2, 0.25) is 0 Å². The Balaban J connectivity index is 2.21. The molecule has 1 N–H and O–H groups in total. The lowest BCUT2D eigenvalue weighted by molar-refractivity contribution is 0.376. The normalized spacial score (nSPS) is 19.7. The van der Waals surface area contributed by atoms with Crippen LogP contribution in [-0.2, 0) is 6.42 Å². The van der Waals surface area contributed by atoms with Crippen molar-refractivity contribution < 1.29 is 0 Å². The average Bonchev–Trinajstić information content (AvgIpc) is 2.39. The van der Waals surface area contributed by atoms with Crippen LogP contribution in [0.5, 0.6) is 0 Å². The molecule has 0 saturated carbocycles. The van der Waals surface area contributed by atoms with E-state index in [-0.39, 0.29) is 0 Å². The standard InChI is InChI=1S/C17H28N2/c1-13(2)15-7-8-17(19(3)4)16(11-15)10-14-6-5-9-18-12-14/h7-8,11,13-14,18H,5-6,9-10,12H2,1-4H3. The van der Waals surface area contributed by atoms with Crippen molar-refractivity contribution in [1.82, 2.24) is 5.32 Å². The molecule has 0 bridgehead atoms. The van der Waals surface area contributed by atoms with Crippen LogP contribution in [-0.4, -0.2) is 27.2 Å². The molecule has 1 aromatic carbocycles. The van der Waals surface area contributed by atoms with Crippen molar-refractivity contribution in [1.29, 1.82) is 0 Å². The Morgan fingerprint density at radius 3 is 2.68 bits per heavy atom. The van der Waals surface area contributed by atoms with Gasteiger partial charge in [-0.15, -0.1) is 0 Å². The second kappa shape index (κ2) is 6.42. The van der Waals surface area contributed by atoms with Gasteiger partial charge in [-0.2, -0.15) is 0 Å². The molecule has 1 heterocycles. The highest BCUT2D eigenvalue weighted by Gasteiger charge is 2.16. The number of rotatable bonds is 4. The smallest absolute Gasteiger partial charge is 0.0393 e. The van der Waals surface area contributed by atoms with Crippen LogP contribution in [0.25, 0.3) is 0 Å². The summed E-state index contributed by atoms with van der Waals surface area (Å²) in [5.74, 6) is 1.41. The summed E-state index contributed by atoms with van der Waals surface area (Å²) >= 11 is 0. The molecule has 0 spiro atoms. The van der Waals surface area contributed by atoms with Gasteiger partial charge >= 0.3 is 0 Å². The fraction of sp³-hybridized carbons (Fsp3) is 0.647. The largest absolute Gasteiger partial charge is 0.377 e. The molecule has 1 saturated heterocycles. The van der Waals surface area contributed by atoms with E-state index in [0.717, 1.165) is 5.92 Å². The van der Waals surface area contributed by atoms with E-state index >= 15 is 0 Å². The molecule has 19 heavy (non-hydrogen) atoms. The highest BCUT2D eigenvalue weighted by atomic mass is 15.1. The van der Waals surface area contributed by atoms with Gasteiger partial charge in [0.1, 0.15) is 0 Å². The molecule has 1 atom stereocenters. The van der Waals surface area contributed by atoms with E-state index in [1.807, 2.05) is 0 Å². The number of hydrogen-bond acceptors (Lipinski definition) is 2. The lowest BCUT2D eigenvalue weighted by Gasteiger charge is -2.26. The predicted molar refractivity (Wildman–Crippen MR) is 84.2 cm³/mol. The van der Waals surface area contributed by atoms with Crippen molar-refractivity contribution >= 4 is 5.69 Å². The molecule has 1 aromatic rings. The van der Waals surface area contributed by atoms with E-state index in [1.54, 1.807) is 0 Å². The van der Waals surface area contributed by atoms with Crippen LogP contribution in [0, 0.1) is 5.92 Å². The monoisotopic (exact) mass is 260 g/mol. The number of anilines is 1. The fourth-order valence-electron chi connectivity index (χ4n) is 2.97. The molecular weight excluding hydrogens is 232 g/mol. The molecule has 1 fully saturated rings. The van der Waals surface area contributed by atoms with Gasteiger partial charge in [-0.1, -0.05) is 26.0 Å². The van der Waals surface area contributed by atoms with Crippen molar-refractivity contribution in [3.63, 3.8) is 0 Å². The number of nitrogens with one attached hydrogen (secondary N) is 1. The Morgan fingerprint density at radius 1 is 1.32 bits per heavy atom. The second-order valence-corrected chi connectivity index (χ2v) is 6.35. The summed E-state index contributed by atoms with van der Waals surface area (Å²) in [6.45, 7) is 6.93. The first-order chi connectivity index (χ1) is 9.08. The summed E-state index contributed by atoms with van der Waals surface area (Å²) in [6, 6.07) is 7.00. The summed E-state index contributed by atoms with van der Waals surface area (Å²) in [6.07, 6.45) is 3.90. The minimum atomic E-state index is 0.611. The van der Waals surface area contributed by atoms with Gasteiger partial charge in [0.25, 0.3) is 0 Å². The zero-order valence-electron chi connectivity index (χ0n) is 12.9. The highest BCUT2D eigenvalue weighted by molar-refractivity contribution is 5.54. The summed E-state index contributed by atoms with van der Waals surface area (Å²) in [7, 11) is 4.29. The van der Waals surface area contributed by atoms with Gasteiger partial charge in [-0.05, 0) is 61.4 Å². The SMILES string of the molecule is CC(C)c1ccc(N(C)C)c(CC2CCCNC2)c1. The third-order valence-electron chi connectivity index (χ3n) is 4.16. The second-order valence-electron chi connectivity index (χ2n) is 6.35. The van der Waals surface area contributed by atoms with Crippen LogP contribution < -0.4 is 10.2 Å². The zero-order chi connectivity index (χ0) is 13.8. The molecular formula is C17H28N2. The van der Waals surface area contributed by atoms with E-state index in [1.165, 1.54) is 49.2 Å². The maximum absolute atomic E-state index is 3.53. The van der Waals surface area contributed by atoms with Crippen LogP contribution in [0.3, 0.4) is 0 Å². The number of piperidine rings is 1. The van der Waals surface area contributed by atoms with Crippen LogP contribution >= 0.6 is 0 Å². The Kier molecular flexibility index (Phi) is 4.87. The molecule has 2 rings (SSSR count). The van der Waals surface area contributed by atoms with Crippen molar-refractivity contribution in [3.05, 3.63) is 29.3 Å². The van der Waals surface area contributed by atoms with Crippen LogP contribution in [0.15, 0.2) is 18.2 Å². The van der Waals surface area contributed by atoms with E-state index < -0.39 is 0 Å². The quantitative estimate of drug-likeness (QED) is 0.892. The van der Waals surface area contributed by atoms with Gasteiger partial charge in [0, 0.05) is 19.8 Å². The molecule has 0 aromatic heterocycles. The molecule has 0 radical (unpaired) electrons. The number of hydrogen-bond donors (Lipinski definition) is 1. The van der Waals surface area contributed by atoms with Gasteiger partial charge in [-0.25, -0.2) is 0 Å². The first kappa shape index (κ1) is 14.4. The number of nitrogens with zero attached hydrogens (tertiary/aromatic N) is 1. The topological polar surface area (TPSA) is 15.3 Å². The Hall–Kier alpha value is -1.02. The van der Waals surface area contributed by atoms with E-state index in [2.05, 4.69) is 56.4 Å². The van der Waals surface area contributed by atoms with Crippen LogP contribution in [0.1, 0.15) is 43.7 Å². The van der Waals surface area contributed by atoms with Crippen molar-refractivity contribution in [3.8, 4) is 0 Å². The third-order valence-corrected chi connectivity index (χ3v) is 4.16. The lowest BCUT2D eigenvalue weighted by atomic mass is 9.89. The van der Waals surface area contributed by atoms with Crippen molar-refractivity contribution in [2.75, 3.05) is 32.1 Å². The summed E-state index contributed by atoms with van der Waals surface area (Å²) in [4.78, 5) is 2.25. The number of benzene rings is 1. The van der Waals surface area contributed by atoms with Crippen LogP contribution in [0.4, 0.5) is 5.69 Å². The van der Waals surface area contributed by atoms with Crippen molar-refractivity contribution in [2.24, 2.45) is 5.92 Å².